The van der Waals surface area contributed by atoms with E-state index in [9.17, 15) is 9.59 Å². The molecule has 142 valence electrons. The fourth-order valence-corrected chi connectivity index (χ4v) is 3.37. The largest absolute Gasteiger partial charge is 0.374 e. The topological polar surface area (TPSA) is 70.2 Å². The maximum atomic E-state index is 12.4. The Bertz CT molecular complexity index is 786. The number of para-hydroxylation sites is 2. The molecule has 2 aromatic carbocycles. The maximum Gasteiger partial charge on any atom is 0.255 e. The predicted molar refractivity (Wildman–Crippen MR) is 109 cm³/mol. The van der Waals surface area contributed by atoms with Gasteiger partial charge in [-0.05, 0) is 49.2 Å². The van der Waals surface area contributed by atoms with Gasteiger partial charge in [0.2, 0.25) is 5.91 Å². The summed E-state index contributed by atoms with van der Waals surface area (Å²) in [6.45, 7) is 0.171. The summed E-state index contributed by atoms with van der Waals surface area (Å²) in [6, 6.07) is 14.3. The van der Waals surface area contributed by atoms with Crippen molar-refractivity contribution in [3.8, 4) is 0 Å². The Balaban J connectivity index is 1.57. The second-order valence-electron chi connectivity index (χ2n) is 6.76. The molecule has 1 aliphatic rings. The van der Waals surface area contributed by atoms with E-state index in [0.717, 1.165) is 12.8 Å². The van der Waals surface area contributed by atoms with Gasteiger partial charge in [0.05, 0.1) is 17.9 Å². The van der Waals surface area contributed by atoms with Crippen LogP contribution in [0, 0.1) is 0 Å². The van der Waals surface area contributed by atoms with Crippen LogP contribution in [0.15, 0.2) is 48.5 Å². The van der Waals surface area contributed by atoms with Gasteiger partial charge in [-0.2, -0.15) is 0 Å². The lowest BCUT2D eigenvalue weighted by Crippen LogP contribution is -2.39. The zero-order valence-corrected chi connectivity index (χ0v) is 15.9. The standard InChI is InChI=1S/C21H24ClN3O2/c22-16-12-10-15(11-13-16)21(27)25-19-9-5-4-8-18(19)23-14-20(26)24-17-6-2-1-3-7-17/h4-5,8-13,17,23H,1-3,6-7,14H2,(H,24,26)(H,25,27). The monoisotopic (exact) mass is 385 g/mol. The van der Waals surface area contributed by atoms with Crippen molar-refractivity contribution in [2.75, 3.05) is 17.2 Å². The average Bonchev–Trinajstić information content (AvgIpc) is 2.68. The molecule has 3 N–H and O–H groups in total. The van der Waals surface area contributed by atoms with Gasteiger partial charge < -0.3 is 16.0 Å². The quantitative estimate of drug-likeness (QED) is 0.687. The Morgan fingerprint density at radius 1 is 0.926 bits per heavy atom. The number of halogens is 1. The SMILES string of the molecule is O=C(CNc1ccccc1NC(=O)c1ccc(Cl)cc1)NC1CCCCC1. The molecule has 1 saturated carbocycles. The number of carbonyl (C=O) groups excluding carboxylic acids is 2. The minimum absolute atomic E-state index is 0.0271. The molecule has 27 heavy (non-hydrogen) atoms. The van der Waals surface area contributed by atoms with E-state index in [1.807, 2.05) is 18.2 Å². The molecular weight excluding hydrogens is 362 g/mol. The number of anilines is 2. The first-order valence-corrected chi connectivity index (χ1v) is 9.69. The van der Waals surface area contributed by atoms with E-state index in [2.05, 4.69) is 16.0 Å². The molecule has 1 fully saturated rings. The van der Waals surface area contributed by atoms with Crippen LogP contribution >= 0.6 is 11.6 Å². The number of amides is 2. The fraction of sp³-hybridized carbons (Fsp3) is 0.333. The highest BCUT2D eigenvalue weighted by Crippen LogP contribution is 2.22. The fourth-order valence-electron chi connectivity index (χ4n) is 3.24. The van der Waals surface area contributed by atoms with Gasteiger partial charge >= 0.3 is 0 Å². The van der Waals surface area contributed by atoms with Gasteiger partial charge in [0.15, 0.2) is 0 Å². The van der Waals surface area contributed by atoms with Crippen LogP contribution in [0.3, 0.4) is 0 Å². The maximum absolute atomic E-state index is 12.4. The molecule has 0 heterocycles. The smallest absolute Gasteiger partial charge is 0.255 e. The Morgan fingerprint density at radius 3 is 2.30 bits per heavy atom. The molecule has 0 bridgehead atoms. The number of carbonyl (C=O) groups is 2. The lowest BCUT2D eigenvalue weighted by Gasteiger charge is -2.23. The first-order valence-electron chi connectivity index (χ1n) is 9.31. The molecule has 2 aromatic rings. The van der Waals surface area contributed by atoms with Crippen molar-refractivity contribution >= 4 is 34.8 Å². The van der Waals surface area contributed by atoms with E-state index in [1.165, 1.54) is 19.3 Å². The highest BCUT2D eigenvalue weighted by atomic mass is 35.5. The first-order chi connectivity index (χ1) is 13.1. The number of nitrogens with one attached hydrogen (secondary N) is 3. The molecule has 0 spiro atoms. The van der Waals surface area contributed by atoms with Crippen LogP contribution in [0.4, 0.5) is 11.4 Å². The van der Waals surface area contributed by atoms with Crippen molar-refractivity contribution in [2.45, 2.75) is 38.1 Å². The van der Waals surface area contributed by atoms with Gasteiger partial charge in [0.25, 0.3) is 5.91 Å². The summed E-state index contributed by atoms with van der Waals surface area (Å²) < 4.78 is 0. The highest BCUT2D eigenvalue weighted by molar-refractivity contribution is 6.30. The summed E-state index contributed by atoms with van der Waals surface area (Å²) in [5, 5.41) is 9.66. The molecule has 0 radical (unpaired) electrons. The minimum atomic E-state index is -0.229. The molecular formula is C21H24ClN3O2. The van der Waals surface area contributed by atoms with Crippen LogP contribution in [-0.4, -0.2) is 24.4 Å². The van der Waals surface area contributed by atoms with E-state index in [0.29, 0.717) is 22.0 Å². The number of rotatable bonds is 6. The number of benzene rings is 2. The van der Waals surface area contributed by atoms with E-state index < -0.39 is 0 Å². The van der Waals surface area contributed by atoms with Crippen LogP contribution in [0.25, 0.3) is 0 Å². The molecule has 3 rings (SSSR count). The van der Waals surface area contributed by atoms with Crippen molar-refractivity contribution in [1.29, 1.82) is 0 Å². The Morgan fingerprint density at radius 2 is 1.59 bits per heavy atom. The lowest BCUT2D eigenvalue weighted by molar-refractivity contribution is -0.120. The van der Waals surface area contributed by atoms with Crippen molar-refractivity contribution in [2.24, 2.45) is 0 Å². The summed E-state index contributed by atoms with van der Waals surface area (Å²) in [6.07, 6.45) is 5.72. The molecule has 6 heteroatoms. The average molecular weight is 386 g/mol. The molecule has 0 saturated heterocycles. The van der Waals surface area contributed by atoms with Gasteiger partial charge in [-0.25, -0.2) is 0 Å². The van der Waals surface area contributed by atoms with Gasteiger partial charge in [-0.3, -0.25) is 9.59 Å². The summed E-state index contributed by atoms with van der Waals surface area (Å²) in [5.41, 5.74) is 1.85. The van der Waals surface area contributed by atoms with Crippen LogP contribution in [0.5, 0.6) is 0 Å². The lowest BCUT2D eigenvalue weighted by atomic mass is 9.95. The number of hydrogen-bond donors (Lipinski definition) is 3. The van der Waals surface area contributed by atoms with Crippen molar-refractivity contribution in [1.82, 2.24) is 5.32 Å². The molecule has 0 aliphatic heterocycles. The molecule has 5 nitrogen and oxygen atoms in total. The van der Waals surface area contributed by atoms with Gasteiger partial charge in [-0.15, -0.1) is 0 Å². The van der Waals surface area contributed by atoms with E-state index in [1.54, 1.807) is 30.3 Å². The summed E-state index contributed by atoms with van der Waals surface area (Å²) in [7, 11) is 0. The van der Waals surface area contributed by atoms with Crippen LogP contribution in [0.1, 0.15) is 42.5 Å². The van der Waals surface area contributed by atoms with Gasteiger partial charge in [-0.1, -0.05) is 43.0 Å². The molecule has 2 amide bonds. The zero-order valence-electron chi connectivity index (χ0n) is 15.1. The van der Waals surface area contributed by atoms with Crippen LogP contribution < -0.4 is 16.0 Å². The zero-order chi connectivity index (χ0) is 19.1. The molecule has 1 aliphatic carbocycles. The number of hydrogen-bond acceptors (Lipinski definition) is 3. The van der Waals surface area contributed by atoms with E-state index >= 15 is 0 Å². The van der Waals surface area contributed by atoms with Gasteiger partial charge in [0.1, 0.15) is 0 Å². The molecule has 0 atom stereocenters. The summed E-state index contributed by atoms with van der Waals surface area (Å²) in [5.74, 6) is -0.256. The normalized spacial score (nSPS) is 14.4. The third-order valence-corrected chi connectivity index (χ3v) is 4.94. The van der Waals surface area contributed by atoms with E-state index in [4.69, 9.17) is 11.6 Å². The first kappa shape index (κ1) is 19.2. The van der Waals surface area contributed by atoms with Crippen molar-refractivity contribution in [3.05, 3.63) is 59.1 Å². The highest BCUT2D eigenvalue weighted by Gasteiger charge is 2.16. The minimum Gasteiger partial charge on any atom is -0.374 e. The predicted octanol–water partition coefficient (Wildman–Crippen LogP) is 4.45. The third-order valence-electron chi connectivity index (χ3n) is 4.69. The van der Waals surface area contributed by atoms with Crippen LogP contribution in [0.2, 0.25) is 5.02 Å². The Labute approximate surface area is 164 Å². The molecule has 0 unspecified atom stereocenters. The Kier molecular flexibility index (Phi) is 6.71. The van der Waals surface area contributed by atoms with Crippen LogP contribution in [-0.2, 0) is 4.79 Å². The van der Waals surface area contributed by atoms with E-state index in [-0.39, 0.29) is 24.4 Å². The van der Waals surface area contributed by atoms with Crippen molar-refractivity contribution < 1.29 is 9.59 Å². The van der Waals surface area contributed by atoms with Gasteiger partial charge in [0, 0.05) is 16.6 Å². The summed E-state index contributed by atoms with van der Waals surface area (Å²) >= 11 is 5.86. The van der Waals surface area contributed by atoms with Crippen molar-refractivity contribution in [3.63, 3.8) is 0 Å². The Hall–Kier alpha value is -2.53. The second kappa shape index (κ2) is 9.42. The summed E-state index contributed by atoms with van der Waals surface area (Å²) in [4.78, 5) is 24.6. The second-order valence-corrected chi connectivity index (χ2v) is 7.20. The third kappa shape index (κ3) is 5.73. The molecule has 0 aromatic heterocycles.